The van der Waals surface area contributed by atoms with Crippen molar-refractivity contribution >= 4 is 5.69 Å². The molecular formula is C22H37NO. The molecule has 0 saturated heterocycles. The zero-order chi connectivity index (χ0) is 17.3. The summed E-state index contributed by atoms with van der Waals surface area (Å²) in [6, 6.07) is 7.60. The molecule has 0 aliphatic heterocycles. The lowest BCUT2D eigenvalue weighted by molar-refractivity contribution is 0.479. The quantitative estimate of drug-likeness (QED) is 0.209. The molecule has 0 spiro atoms. The Morgan fingerprint density at radius 2 is 1.33 bits per heavy atom. The first-order valence-corrected chi connectivity index (χ1v) is 10.0. The molecule has 1 aromatic rings. The van der Waals surface area contributed by atoms with Gasteiger partial charge in [0.2, 0.25) is 0 Å². The predicted molar refractivity (Wildman–Crippen MR) is 106 cm³/mol. The fourth-order valence-electron chi connectivity index (χ4n) is 2.88. The van der Waals surface area contributed by atoms with E-state index in [1.165, 1.54) is 77.0 Å². The number of para-hydroxylation sites is 2. The van der Waals surface area contributed by atoms with Gasteiger partial charge in [-0.1, -0.05) is 89.7 Å². The van der Waals surface area contributed by atoms with Gasteiger partial charge >= 0.3 is 0 Å². The number of anilines is 1. The van der Waals surface area contributed by atoms with Crippen LogP contribution in [0.5, 0.6) is 5.75 Å². The maximum atomic E-state index is 5.82. The Morgan fingerprint density at radius 3 is 1.92 bits per heavy atom. The Hall–Kier alpha value is -1.44. The molecule has 0 aromatic heterocycles. The molecular weight excluding hydrogens is 294 g/mol. The highest BCUT2D eigenvalue weighted by molar-refractivity contribution is 5.52. The topological polar surface area (TPSA) is 35.2 Å². The second-order valence-corrected chi connectivity index (χ2v) is 6.71. The Kier molecular flexibility index (Phi) is 13.0. The molecule has 0 radical (unpaired) electrons. The lowest BCUT2D eigenvalue weighted by Gasteiger charge is -2.03. The summed E-state index contributed by atoms with van der Waals surface area (Å²) < 4.78 is 5.54. The Balaban J connectivity index is 1.84. The highest BCUT2D eigenvalue weighted by Crippen LogP contribution is 2.20. The van der Waals surface area contributed by atoms with Crippen LogP contribution < -0.4 is 10.5 Å². The third-order valence-corrected chi connectivity index (χ3v) is 4.43. The van der Waals surface area contributed by atoms with Gasteiger partial charge in [0.25, 0.3) is 0 Å². The number of unbranched alkanes of at least 4 members (excludes halogenated alkanes) is 12. The number of hydrogen-bond donors (Lipinski definition) is 1. The normalized spacial score (nSPS) is 11.2. The molecule has 0 amide bonds. The summed E-state index contributed by atoms with van der Waals surface area (Å²) in [5.74, 6) is 0.739. The maximum Gasteiger partial charge on any atom is 0.149 e. The summed E-state index contributed by atoms with van der Waals surface area (Å²) in [4.78, 5) is 0. The van der Waals surface area contributed by atoms with E-state index < -0.39 is 0 Å². The van der Waals surface area contributed by atoms with Crippen LogP contribution in [0, 0.1) is 0 Å². The molecule has 2 nitrogen and oxygen atoms in total. The summed E-state index contributed by atoms with van der Waals surface area (Å²) >= 11 is 0. The molecule has 2 N–H and O–H groups in total. The van der Waals surface area contributed by atoms with Crippen LogP contribution in [0.2, 0.25) is 0 Å². The Morgan fingerprint density at radius 1 is 0.792 bits per heavy atom. The van der Waals surface area contributed by atoms with Crippen LogP contribution in [0.3, 0.4) is 0 Å². The van der Waals surface area contributed by atoms with Crippen LogP contribution >= 0.6 is 0 Å². The number of benzene rings is 1. The average molecular weight is 332 g/mol. The lowest BCUT2D eigenvalue weighted by atomic mass is 10.0. The van der Waals surface area contributed by atoms with Gasteiger partial charge in [0.15, 0.2) is 0 Å². The van der Waals surface area contributed by atoms with E-state index >= 15 is 0 Å². The first-order chi connectivity index (χ1) is 11.8. The molecule has 0 aliphatic carbocycles. The molecule has 1 aromatic carbocycles. The number of nitrogen functional groups attached to an aromatic ring is 1. The molecule has 24 heavy (non-hydrogen) atoms. The van der Waals surface area contributed by atoms with E-state index in [1.807, 2.05) is 24.3 Å². The van der Waals surface area contributed by atoms with Gasteiger partial charge in [-0.05, 0) is 31.1 Å². The molecule has 1 rings (SSSR count). The van der Waals surface area contributed by atoms with Crippen molar-refractivity contribution in [3.05, 3.63) is 36.6 Å². The van der Waals surface area contributed by atoms with Crippen molar-refractivity contribution in [3.63, 3.8) is 0 Å². The summed E-state index contributed by atoms with van der Waals surface area (Å²) in [7, 11) is 0. The van der Waals surface area contributed by atoms with E-state index in [0.717, 1.165) is 12.2 Å². The third-order valence-electron chi connectivity index (χ3n) is 4.43. The second-order valence-electron chi connectivity index (χ2n) is 6.71. The number of allylic oxidation sites excluding steroid dienone is 1. The molecule has 0 aliphatic rings. The maximum absolute atomic E-state index is 5.82. The predicted octanol–water partition coefficient (Wildman–Crippen LogP) is 7.25. The molecule has 0 fully saturated rings. The smallest absolute Gasteiger partial charge is 0.149 e. The molecule has 0 atom stereocenters. The van der Waals surface area contributed by atoms with E-state index in [1.54, 1.807) is 6.26 Å². The van der Waals surface area contributed by atoms with E-state index in [0.29, 0.717) is 5.69 Å². The minimum absolute atomic E-state index is 0.688. The molecule has 0 unspecified atom stereocenters. The van der Waals surface area contributed by atoms with Crippen LogP contribution in [0.4, 0.5) is 5.69 Å². The second kappa shape index (κ2) is 15.1. The van der Waals surface area contributed by atoms with Crippen LogP contribution in [0.1, 0.15) is 90.4 Å². The van der Waals surface area contributed by atoms with Crippen LogP contribution in [-0.2, 0) is 0 Å². The molecule has 0 bridgehead atoms. The van der Waals surface area contributed by atoms with Crippen molar-refractivity contribution in [2.75, 3.05) is 5.73 Å². The van der Waals surface area contributed by atoms with Crippen molar-refractivity contribution in [3.8, 4) is 5.75 Å². The summed E-state index contributed by atoms with van der Waals surface area (Å²) in [6.45, 7) is 2.28. The van der Waals surface area contributed by atoms with Gasteiger partial charge in [-0.2, -0.15) is 0 Å². The lowest BCUT2D eigenvalue weighted by Crippen LogP contribution is -1.90. The molecule has 2 heteroatoms. The van der Waals surface area contributed by atoms with Gasteiger partial charge in [0.05, 0.1) is 11.9 Å². The zero-order valence-corrected chi connectivity index (χ0v) is 15.6. The van der Waals surface area contributed by atoms with Gasteiger partial charge in [0, 0.05) is 0 Å². The van der Waals surface area contributed by atoms with Crippen molar-refractivity contribution in [1.82, 2.24) is 0 Å². The van der Waals surface area contributed by atoms with Gasteiger partial charge < -0.3 is 10.5 Å². The number of ether oxygens (including phenoxy) is 1. The monoisotopic (exact) mass is 331 g/mol. The van der Waals surface area contributed by atoms with Crippen molar-refractivity contribution in [1.29, 1.82) is 0 Å². The average Bonchev–Trinajstić information content (AvgIpc) is 2.60. The molecule has 0 saturated carbocycles. The van der Waals surface area contributed by atoms with Gasteiger partial charge in [-0.25, -0.2) is 0 Å². The standard InChI is InChI=1S/C22H37NO/c1-2-3-4-5-6-7-8-9-10-11-12-13-14-17-20-24-22-19-16-15-18-21(22)23/h15-20H,2-14,23H2,1H3. The summed E-state index contributed by atoms with van der Waals surface area (Å²) in [6.07, 6.45) is 21.7. The fourth-order valence-corrected chi connectivity index (χ4v) is 2.88. The van der Waals surface area contributed by atoms with E-state index in [4.69, 9.17) is 10.5 Å². The summed E-state index contributed by atoms with van der Waals surface area (Å²) in [5, 5.41) is 0. The van der Waals surface area contributed by atoms with E-state index in [9.17, 15) is 0 Å². The third kappa shape index (κ3) is 11.2. The number of nitrogens with two attached hydrogens (primary N) is 1. The highest BCUT2D eigenvalue weighted by atomic mass is 16.5. The van der Waals surface area contributed by atoms with Crippen LogP contribution in [0.15, 0.2) is 36.6 Å². The Bertz CT molecular complexity index is 428. The Labute approximate surface area is 149 Å². The highest BCUT2D eigenvalue weighted by Gasteiger charge is 1.95. The SMILES string of the molecule is CCCCCCCCCCCCCCC=COc1ccccc1N. The van der Waals surface area contributed by atoms with E-state index in [-0.39, 0.29) is 0 Å². The van der Waals surface area contributed by atoms with Crippen LogP contribution in [0.25, 0.3) is 0 Å². The first-order valence-electron chi connectivity index (χ1n) is 10.0. The minimum atomic E-state index is 0.688. The van der Waals surface area contributed by atoms with E-state index in [2.05, 4.69) is 13.0 Å². The van der Waals surface area contributed by atoms with Crippen molar-refractivity contribution in [2.24, 2.45) is 0 Å². The van der Waals surface area contributed by atoms with Crippen molar-refractivity contribution in [2.45, 2.75) is 90.4 Å². The zero-order valence-electron chi connectivity index (χ0n) is 15.6. The minimum Gasteiger partial charge on any atom is -0.463 e. The van der Waals surface area contributed by atoms with Gasteiger partial charge in [-0.15, -0.1) is 0 Å². The van der Waals surface area contributed by atoms with Gasteiger partial charge in [0.1, 0.15) is 5.75 Å². The largest absolute Gasteiger partial charge is 0.463 e. The molecule has 0 heterocycles. The van der Waals surface area contributed by atoms with Crippen molar-refractivity contribution < 1.29 is 4.74 Å². The fraction of sp³-hybridized carbons (Fsp3) is 0.636. The first kappa shape index (κ1) is 20.6. The number of rotatable bonds is 15. The molecule has 136 valence electrons. The number of hydrogen-bond acceptors (Lipinski definition) is 2. The van der Waals surface area contributed by atoms with Crippen LogP contribution in [-0.4, -0.2) is 0 Å². The van der Waals surface area contributed by atoms with Gasteiger partial charge in [-0.3, -0.25) is 0 Å². The summed E-state index contributed by atoms with van der Waals surface area (Å²) in [5.41, 5.74) is 6.51.